The van der Waals surface area contributed by atoms with Crippen molar-refractivity contribution in [3.05, 3.63) is 53.7 Å². The summed E-state index contributed by atoms with van der Waals surface area (Å²) in [4.78, 5) is 13.4. The molecule has 0 fully saturated rings. The van der Waals surface area contributed by atoms with Gasteiger partial charge in [-0.15, -0.1) is 0 Å². The SMILES string of the molecule is CN(C)C(=O)CCc1[nH]nc2cc(OCCCC[C@H](O)c3cccc(NS(C)(=O)=O)c3)ccc12. The number of sulfonamides is 1. The van der Waals surface area contributed by atoms with Gasteiger partial charge in [-0.3, -0.25) is 14.6 Å². The highest BCUT2D eigenvalue weighted by Gasteiger charge is 2.11. The van der Waals surface area contributed by atoms with E-state index in [2.05, 4.69) is 14.9 Å². The maximum atomic E-state index is 11.8. The van der Waals surface area contributed by atoms with Crippen LogP contribution >= 0.6 is 0 Å². The van der Waals surface area contributed by atoms with E-state index in [9.17, 15) is 18.3 Å². The number of rotatable bonds is 12. The summed E-state index contributed by atoms with van der Waals surface area (Å²) in [5, 5.41) is 18.8. The van der Waals surface area contributed by atoms with Crippen molar-refractivity contribution in [2.45, 2.75) is 38.2 Å². The Labute approximate surface area is 200 Å². The van der Waals surface area contributed by atoms with Crippen molar-refractivity contribution in [2.24, 2.45) is 0 Å². The van der Waals surface area contributed by atoms with Crippen LogP contribution in [0.5, 0.6) is 5.75 Å². The third kappa shape index (κ3) is 7.46. The molecule has 3 rings (SSSR count). The van der Waals surface area contributed by atoms with Gasteiger partial charge >= 0.3 is 0 Å². The number of ether oxygens (including phenoxy) is 1. The average molecular weight is 489 g/mol. The highest BCUT2D eigenvalue weighted by atomic mass is 32.2. The number of aromatic amines is 1. The van der Waals surface area contributed by atoms with E-state index in [4.69, 9.17) is 4.74 Å². The standard InChI is InChI=1S/C24H32N4O5S/c1-28(2)24(30)13-12-21-20-11-10-19(16-22(20)26-25-21)33-14-5-4-9-23(29)17-7-6-8-18(15-17)27-34(3,31)32/h6-8,10-11,15-16,23,27,29H,4-5,9,12-14H2,1-3H3,(H,25,26)/t23-/m0/s1. The monoisotopic (exact) mass is 488 g/mol. The Balaban J connectivity index is 1.44. The van der Waals surface area contributed by atoms with Crippen molar-refractivity contribution in [2.75, 3.05) is 31.7 Å². The van der Waals surface area contributed by atoms with Crippen LogP contribution in [-0.2, 0) is 21.2 Å². The van der Waals surface area contributed by atoms with Gasteiger partial charge in [-0.05, 0) is 55.5 Å². The number of aryl methyl sites for hydroxylation is 1. The van der Waals surface area contributed by atoms with Crippen LogP contribution in [0.2, 0.25) is 0 Å². The van der Waals surface area contributed by atoms with Crippen LogP contribution in [-0.4, -0.2) is 61.5 Å². The van der Waals surface area contributed by atoms with E-state index in [1.807, 2.05) is 18.2 Å². The third-order valence-electron chi connectivity index (χ3n) is 5.41. The van der Waals surface area contributed by atoms with Gasteiger partial charge < -0.3 is 14.7 Å². The lowest BCUT2D eigenvalue weighted by Gasteiger charge is -2.13. The Morgan fingerprint density at radius 3 is 2.74 bits per heavy atom. The zero-order chi connectivity index (χ0) is 24.7. The lowest BCUT2D eigenvalue weighted by molar-refractivity contribution is -0.128. The number of H-pyrrole nitrogens is 1. The molecule has 1 amide bonds. The summed E-state index contributed by atoms with van der Waals surface area (Å²) in [5.41, 5.74) is 2.83. The van der Waals surface area contributed by atoms with Crippen LogP contribution in [0.3, 0.4) is 0 Å². The number of aliphatic hydroxyl groups is 1. The van der Waals surface area contributed by atoms with Gasteiger partial charge in [-0.25, -0.2) is 8.42 Å². The second-order valence-electron chi connectivity index (χ2n) is 8.53. The maximum Gasteiger partial charge on any atom is 0.229 e. The Bertz CT molecular complexity index is 1220. The summed E-state index contributed by atoms with van der Waals surface area (Å²) in [6.07, 6.45) is 3.48. The molecule has 3 N–H and O–H groups in total. The molecule has 1 atom stereocenters. The Hall–Kier alpha value is -3.11. The Kier molecular flexibility index (Phi) is 8.51. The molecule has 0 aliphatic carbocycles. The van der Waals surface area contributed by atoms with Crippen molar-refractivity contribution in [3.63, 3.8) is 0 Å². The van der Waals surface area contributed by atoms with Gasteiger partial charge in [0.1, 0.15) is 5.75 Å². The number of carbonyl (C=O) groups is 1. The van der Waals surface area contributed by atoms with Gasteiger partial charge in [0.25, 0.3) is 0 Å². The number of nitrogens with one attached hydrogen (secondary N) is 2. The fraction of sp³-hybridized carbons (Fsp3) is 0.417. The van der Waals surface area contributed by atoms with E-state index in [0.29, 0.717) is 37.1 Å². The summed E-state index contributed by atoms with van der Waals surface area (Å²) in [5.74, 6) is 0.793. The predicted molar refractivity (Wildman–Crippen MR) is 132 cm³/mol. The van der Waals surface area contributed by atoms with E-state index in [-0.39, 0.29) is 5.91 Å². The number of unbranched alkanes of at least 4 members (excludes halogenated alkanes) is 1. The number of nitrogens with zero attached hydrogens (tertiary/aromatic N) is 2. The summed E-state index contributed by atoms with van der Waals surface area (Å²) in [6, 6.07) is 12.5. The Morgan fingerprint density at radius 2 is 2.00 bits per heavy atom. The first-order chi connectivity index (χ1) is 16.1. The van der Waals surface area contributed by atoms with Crippen molar-refractivity contribution in [1.29, 1.82) is 0 Å². The van der Waals surface area contributed by atoms with Crippen molar-refractivity contribution < 1.29 is 23.1 Å². The molecule has 2 aromatic carbocycles. The summed E-state index contributed by atoms with van der Waals surface area (Å²) >= 11 is 0. The predicted octanol–water partition coefficient (Wildman–Crippen LogP) is 3.24. The zero-order valence-corrected chi connectivity index (χ0v) is 20.6. The molecule has 0 aliphatic rings. The fourth-order valence-corrected chi connectivity index (χ4v) is 4.16. The van der Waals surface area contributed by atoms with Gasteiger partial charge in [0.15, 0.2) is 0 Å². The molecule has 1 heterocycles. The van der Waals surface area contributed by atoms with Crippen molar-refractivity contribution >= 4 is 32.5 Å². The zero-order valence-electron chi connectivity index (χ0n) is 19.7. The normalized spacial score (nSPS) is 12.5. The number of anilines is 1. The molecule has 0 unspecified atom stereocenters. The minimum atomic E-state index is -3.36. The summed E-state index contributed by atoms with van der Waals surface area (Å²) in [6.45, 7) is 0.502. The number of hydrogen-bond acceptors (Lipinski definition) is 6. The molecule has 0 saturated carbocycles. The van der Waals surface area contributed by atoms with Gasteiger partial charge in [0.05, 0.1) is 24.5 Å². The highest BCUT2D eigenvalue weighted by molar-refractivity contribution is 7.92. The summed E-state index contributed by atoms with van der Waals surface area (Å²) in [7, 11) is 0.127. The number of benzene rings is 2. The fourth-order valence-electron chi connectivity index (χ4n) is 3.60. The largest absolute Gasteiger partial charge is 0.494 e. The minimum absolute atomic E-state index is 0.0751. The lowest BCUT2D eigenvalue weighted by atomic mass is 10.0. The first-order valence-electron chi connectivity index (χ1n) is 11.2. The molecule has 10 heteroatoms. The summed E-state index contributed by atoms with van der Waals surface area (Å²) < 4.78 is 31.0. The lowest BCUT2D eigenvalue weighted by Crippen LogP contribution is -2.21. The number of fused-ring (bicyclic) bond motifs is 1. The quantitative estimate of drug-likeness (QED) is 0.336. The van der Waals surface area contributed by atoms with Gasteiger partial charge in [0, 0.05) is 43.4 Å². The average Bonchev–Trinajstić information content (AvgIpc) is 3.18. The first kappa shape index (κ1) is 25.5. The van der Waals surface area contributed by atoms with Crippen molar-refractivity contribution in [1.82, 2.24) is 15.1 Å². The maximum absolute atomic E-state index is 11.8. The second-order valence-corrected chi connectivity index (χ2v) is 10.3. The van der Waals surface area contributed by atoms with Crippen LogP contribution in [0, 0.1) is 0 Å². The van der Waals surface area contributed by atoms with Crippen LogP contribution in [0.4, 0.5) is 5.69 Å². The van der Waals surface area contributed by atoms with E-state index >= 15 is 0 Å². The van der Waals surface area contributed by atoms with E-state index in [1.165, 1.54) is 0 Å². The van der Waals surface area contributed by atoms with Crippen LogP contribution in [0.1, 0.15) is 43.0 Å². The molecule has 0 spiro atoms. The molecule has 34 heavy (non-hydrogen) atoms. The number of aromatic nitrogens is 2. The minimum Gasteiger partial charge on any atom is -0.494 e. The van der Waals surface area contributed by atoms with Gasteiger partial charge in [0.2, 0.25) is 15.9 Å². The van der Waals surface area contributed by atoms with Crippen molar-refractivity contribution in [3.8, 4) is 5.75 Å². The molecule has 3 aromatic rings. The molecule has 1 aromatic heterocycles. The number of aliphatic hydroxyl groups excluding tert-OH is 1. The number of carbonyl (C=O) groups excluding carboxylic acids is 1. The molecular weight excluding hydrogens is 456 g/mol. The van der Waals surface area contributed by atoms with E-state index < -0.39 is 16.1 Å². The van der Waals surface area contributed by atoms with Gasteiger partial charge in [-0.1, -0.05) is 12.1 Å². The first-order valence-corrected chi connectivity index (χ1v) is 13.1. The molecule has 0 saturated heterocycles. The number of hydrogen-bond donors (Lipinski definition) is 3. The Morgan fingerprint density at radius 1 is 1.21 bits per heavy atom. The molecule has 184 valence electrons. The van der Waals surface area contributed by atoms with Crippen LogP contribution < -0.4 is 9.46 Å². The van der Waals surface area contributed by atoms with Crippen LogP contribution in [0.25, 0.3) is 10.9 Å². The number of amides is 1. The smallest absolute Gasteiger partial charge is 0.229 e. The molecule has 0 aliphatic heterocycles. The van der Waals surface area contributed by atoms with Gasteiger partial charge in [-0.2, -0.15) is 5.10 Å². The molecule has 0 bridgehead atoms. The molecular formula is C24H32N4O5S. The van der Waals surface area contributed by atoms with E-state index in [1.54, 1.807) is 43.3 Å². The second kappa shape index (κ2) is 11.3. The van der Waals surface area contributed by atoms with E-state index in [0.717, 1.165) is 41.4 Å². The van der Waals surface area contributed by atoms with Crippen LogP contribution in [0.15, 0.2) is 42.5 Å². The topological polar surface area (TPSA) is 125 Å². The third-order valence-corrected chi connectivity index (χ3v) is 6.02. The highest BCUT2D eigenvalue weighted by Crippen LogP contribution is 2.24. The molecule has 0 radical (unpaired) electrons. The molecule has 9 nitrogen and oxygen atoms in total.